The number of ether oxygens (including phenoxy) is 3. The number of oxime groups is 1. The average Bonchev–Trinajstić information content (AvgIpc) is 3.54. The average molecular weight is 481 g/mol. The third kappa shape index (κ3) is 4.98. The summed E-state index contributed by atoms with van der Waals surface area (Å²) >= 11 is 0. The standard InChI is InChI=1S/C24H28N6O5/c1-14(2)21-27-24(35-29-21)30-9-7-18(8-10-30)33-22-15(3)23(26-12-25-22)34-28-16(4)17-5-6-19-20(11-17)32-13-31-19/h5-6,11-12,14,18H,7-10,13H2,1-4H3/b28-16-. The molecular weight excluding hydrogens is 452 g/mol. The fraction of sp³-hybridized carbons (Fsp3) is 0.458. The van der Waals surface area contributed by atoms with Crippen LogP contribution in [0.25, 0.3) is 0 Å². The molecule has 0 N–H and O–H groups in total. The molecule has 4 heterocycles. The molecule has 0 amide bonds. The van der Waals surface area contributed by atoms with Gasteiger partial charge in [-0.1, -0.05) is 24.2 Å². The molecule has 11 heteroatoms. The van der Waals surface area contributed by atoms with Crippen molar-refractivity contribution in [1.29, 1.82) is 0 Å². The number of nitrogens with zero attached hydrogens (tertiary/aromatic N) is 6. The monoisotopic (exact) mass is 480 g/mol. The number of aromatic nitrogens is 4. The second-order valence-electron chi connectivity index (χ2n) is 8.84. The minimum Gasteiger partial charge on any atom is -0.474 e. The number of hydrogen-bond acceptors (Lipinski definition) is 11. The van der Waals surface area contributed by atoms with E-state index in [1.807, 2.05) is 45.9 Å². The van der Waals surface area contributed by atoms with Crippen molar-refractivity contribution in [2.75, 3.05) is 24.8 Å². The zero-order valence-corrected chi connectivity index (χ0v) is 20.2. The molecule has 0 unspecified atom stereocenters. The number of benzene rings is 1. The molecule has 2 aliphatic heterocycles. The largest absolute Gasteiger partial charge is 0.474 e. The number of rotatable bonds is 7. The lowest BCUT2D eigenvalue weighted by Crippen LogP contribution is -2.38. The van der Waals surface area contributed by atoms with Crippen LogP contribution >= 0.6 is 0 Å². The van der Waals surface area contributed by atoms with Gasteiger partial charge in [-0.15, -0.1) is 0 Å². The third-order valence-corrected chi connectivity index (χ3v) is 5.99. The SMILES string of the molecule is C/C(=N/Oc1ncnc(OC2CCN(c3nc(C(C)C)no3)CC2)c1C)c1ccc2c(c1)OCO2. The lowest BCUT2D eigenvalue weighted by molar-refractivity contribution is 0.159. The smallest absolute Gasteiger partial charge is 0.324 e. The fourth-order valence-electron chi connectivity index (χ4n) is 3.83. The van der Waals surface area contributed by atoms with E-state index in [1.165, 1.54) is 6.33 Å². The summed E-state index contributed by atoms with van der Waals surface area (Å²) in [4.78, 5) is 20.8. The second-order valence-corrected chi connectivity index (χ2v) is 8.84. The first-order valence-electron chi connectivity index (χ1n) is 11.7. The lowest BCUT2D eigenvalue weighted by atomic mass is 10.1. The van der Waals surface area contributed by atoms with Crippen LogP contribution in [0.4, 0.5) is 6.01 Å². The number of fused-ring (bicyclic) bond motifs is 1. The van der Waals surface area contributed by atoms with Crippen molar-refractivity contribution in [2.24, 2.45) is 5.16 Å². The first kappa shape index (κ1) is 22.9. The first-order valence-corrected chi connectivity index (χ1v) is 11.7. The van der Waals surface area contributed by atoms with Gasteiger partial charge in [-0.3, -0.25) is 0 Å². The Morgan fingerprint density at radius 3 is 2.66 bits per heavy atom. The van der Waals surface area contributed by atoms with Crippen molar-refractivity contribution in [3.05, 3.63) is 41.5 Å². The van der Waals surface area contributed by atoms with E-state index in [0.29, 0.717) is 34.8 Å². The quantitative estimate of drug-likeness (QED) is 0.364. The lowest BCUT2D eigenvalue weighted by Gasteiger charge is -2.30. The second kappa shape index (κ2) is 9.77. The molecule has 11 nitrogen and oxygen atoms in total. The molecule has 184 valence electrons. The van der Waals surface area contributed by atoms with Crippen LogP contribution in [0.1, 0.15) is 56.5 Å². The van der Waals surface area contributed by atoms with Crippen LogP contribution in [-0.2, 0) is 0 Å². The van der Waals surface area contributed by atoms with E-state index in [4.69, 9.17) is 23.6 Å². The van der Waals surface area contributed by atoms with Crippen molar-refractivity contribution < 1.29 is 23.6 Å². The van der Waals surface area contributed by atoms with Gasteiger partial charge in [0.05, 0.1) is 11.3 Å². The molecule has 3 aromatic rings. The highest BCUT2D eigenvalue weighted by Gasteiger charge is 2.26. The van der Waals surface area contributed by atoms with Crippen LogP contribution in [0.2, 0.25) is 0 Å². The van der Waals surface area contributed by atoms with Gasteiger partial charge in [-0.25, -0.2) is 4.98 Å². The molecule has 2 aliphatic rings. The highest BCUT2D eigenvalue weighted by Crippen LogP contribution is 2.33. The first-order chi connectivity index (χ1) is 17.0. The molecule has 1 saturated heterocycles. The molecule has 0 bridgehead atoms. The van der Waals surface area contributed by atoms with Crippen molar-refractivity contribution in [2.45, 2.75) is 52.6 Å². The van der Waals surface area contributed by atoms with Crippen molar-refractivity contribution in [3.8, 4) is 23.3 Å². The zero-order valence-electron chi connectivity index (χ0n) is 20.2. The zero-order chi connectivity index (χ0) is 24.4. The molecule has 0 aliphatic carbocycles. The molecule has 0 radical (unpaired) electrons. The Morgan fingerprint density at radius 2 is 1.89 bits per heavy atom. The molecule has 0 spiro atoms. The van der Waals surface area contributed by atoms with E-state index in [1.54, 1.807) is 0 Å². The summed E-state index contributed by atoms with van der Waals surface area (Å²) in [5.74, 6) is 3.20. The normalized spacial score (nSPS) is 16.1. The van der Waals surface area contributed by atoms with Gasteiger partial charge >= 0.3 is 6.01 Å². The van der Waals surface area contributed by atoms with Crippen molar-refractivity contribution >= 4 is 11.7 Å². The Kier molecular flexibility index (Phi) is 6.39. The Hall–Kier alpha value is -3.89. The topological polar surface area (TPSA) is 117 Å². The molecule has 5 rings (SSSR count). The number of anilines is 1. The maximum absolute atomic E-state index is 6.19. The highest BCUT2D eigenvalue weighted by atomic mass is 16.7. The summed E-state index contributed by atoms with van der Waals surface area (Å²) in [6.45, 7) is 9.54. The molecule has 1 fully saturated rings. The van der Waals surface area contributed by atoms with Crippen LogP contribution in [0.15, 0.2) is 34.2 Å². The van der Waals surface area contributed by atoms with Gasteiger partial charge in [0, 0.05) is 37.4 Å². The molecular formula is C24H28N6O5. The van der Waals surface area contributed by atoms with E-state index in [2.05, 4.69) is 30.2 Å². The van der Waals surface area contributed by atoms with Crippen molar-refractivity contribution in [3.63, 3.8) is 0 Å². The van der Waals surface area contributed by atoms with Gasteiger partial charge in [0.2, 0.25) is 12.7 Å². The van der Waals surface area contributed by atoms with Crippen LogP contribution in [0.5, 0.6) is 23.3 Å². The molecule has 0 saturated carbocycles. The van der Waals surface area contributed by atoms with Crippen LogP contribution in [-0.4, -0.2) is 51.8 Å². The molecule has 35 heavy (non-hydrogen) atoms. The summed E-state index contributed by atoms with van der Waals surface area (Å²) in [6, 6.07) is 6.19. The number of piperidine rings is 1. The molecule has 0 atom stereocenters. The van der Waals surface area contributed by atoms with Gasteiger partial charge in [0.1, 0.15) is 12.4 Å². The predicted octanol–water partition coefficient (Wildman–Crippen LogP) is 3.87. The fourth-order valence-corrected chi connectivity index (χ4v) is 3.83. The summed E-state index contributed by atoms with van der Waals surface area (Å²) in [6.07, 6.45) is 3.05. The molecule has 1 aromatic carbocycles. The maximum Gasteiger partial charge on any atom is 0.324 e. The van der Waals surface area contributed by atoms with Crippen LogP contribution < -0.4 is 23.9 Å². The van der Waals surface area contributed by atoms with Gasteiger partial charge < -0.3 is 28.5 Å². The minimum atomic E-state index is 0.0130. The van der Waals surface area contributed by atoms with Crippen LogP contribution in [0.3, 0.4) is 0 Å². The van der Waals surface area contributed by atoms with Gasteiger partial charge in [0.25, 0.3) is 5.88 Å². The minimum absolute atomic E-state index is 0.0130. The summed E-state index contributed by atoms with van der Waals surface area (Å²) < 4.78 is 22.4. The Balaban J connectivity index is 1.20. The Labute approximate surface area is 203 Å². The van der Waals surface area contributed by atoms with E-state index in [9.17, 15) is 0 Å². The third-order valence-electron chi connectivity index (χ3n) is 5.99. The van der Waals surface area contributed by atoms with Crippen molar-refractivity contribution in [1.82, 2.24) is 20.1 Å². The van der Waals surface area contributed by atoms with Gasteiger partial charge in [-0.05, 0) is 32.0 Å². The highest BCUT2D eigenvalue weighted by molar-refractivity contribution is 5.99. The summed E-state index contributed by atoms with van der Waals surface area (Å²) in [5, 5.41) is 8.29. The van der Waals surface area contributed by atoms with Crippen LogP contribution in [0, 0.1) is 6.92 Å². The van der Waals surface area contributed by atoms with E-state index in [0.717, 1.165) is 43.1 Å². The van der Waals surface area contributed by atoms with Gasteiger partial charge in [0.15, 0.2) is 17.3 Å². The number of hydrogen-bond donors (Lipinski definition) is 0. The summed E-state index contributed by atoms with van der Waals surface area (Å²) in [5.41, 5.74) is 2.24. The maximum atomic E-state index is 6.19. The van der Waals surface area contributed by atoms with E-state index >= 15 is 0 Å². The predicted molar refractivity (Wildman–Crippen MR) is 126 cm³/mol. The Morgan fingerprint density at radius 1 is 1.11 bits per heavy atom. The van der Waals surface area contributed by atoms with Gasteiger partial charge in [-0.2, -0.15) is 9.97 Å². The summed E-state index contributed by atoms with van der Waals surface area (Å²) in [7, 11) is 0. The Bertz CT molecular complexity index is 1220. The van der Waals surface area contributed by atoms with E-state index in [-0.39, 0.29) is 18.8 Å². The molecule has 2 aromatic heterocycles. The van der Waals surface area contributed by atoms with E-state index < -0.39 is 0 Å².